The van der Waals surface area contributed by atoms with Crippen molar-refractivity contribution < 1.29 is 0 Å². The molecule has 1 saturated carbocycles. The summed E-state index contributed by atoms with van der Waals surface area (Å²) in [6.07, 6.45) is 4.09. The van der Waals surface area contributed by atoms with Crippen molar-refractivity contribution >= 4 is 5.69 Å². The van der Waals surface area contributed by atoms with E-state index in [1.807, 2.05) is 0 Å². The monoisotopic (exact) mass is 189 g/mol. The zero-order chi connectivity index (χ0) is 9.97. The van der Waals surface area contributed by atoms with Crippen LogP contribution in [-0.4, -0.2) is 6.04 Å². The van der Waals surface area contributed by atoms with Crippen LogP contribution in [-0.2, 0) is 0 Å². The molecule has 0 spiro atoms. The lowest BCUT2D eigenvalue weighted by Crippen LogP contribution is -2.22. The van der Waals surface area contributed by atoms with Crippen molar-refractivity contribution in [3.8, 4) is 0 Å². The van der Waals surface area contributed by atoms with Gasteiger partial charge in [0.1, 0.15) is 0 Å². The van der Waals surface area contributed by atoms with Gasteiger partial charge in [0.05, 0.1) is 0 Å². The van der Waals surface area contributed by atoms with Gasteiger partial charge in [0.15, 0.2) is 0 Å². The molecular weight excluding hydrogens is 170 g/mol. The van der Waals surface area contributed by atoms with E-state index >= 15 is 0 Å². The molecular formula is C13H19N. The van der Waals surface area contributed by atoms with Crippen molar-refractivity contribution in [2.75, 3.05) is 5.32 Å². The Labute approximate surface area is 86.5 Å². The minimum absolute atomic E-state index is 0.691. The van der Waals surface area contributed by atoms with Crippen molar-refractivity contribution in [1.82, 2.24) is 0 Å². The number of anilines is 1. The Bertz CT molecular complexity index is 306. The number of rotatable bonds is 2. The summed E-state index contributed by atoms with van der Waals surface area (Å²) >= 11 is 0. The summed E-state index contributed by atoms with van der Waals surface area (Å²) in [6, 6.07) is 9.24. The van der Waals surface area contributed by atoms with E-state index < -0.39 is 0 Å². The highest BCUT2D eigenvalue weighted by Crippen LogP contribution is 2.28. The number of para-hydroxylation sites is 1. The molecule has 0 heterocycles. The Morgan fingerprint density at radius 1 is 1.21 bits per heavy atom. The highest BCUT2D eigenvalue weighted by atomic mass is 14.9. The summed E-state index contributed by atoms with van der Waals surface area (Å²) < 4.78 is 0. The summed E-state index contributed by atoms with van der Waals surface area (Å²) in [5.74, 6) is 0.828. The molecule has 0 radical (unpaired) electrons. The number of hydrogen-bond acceptors (Lipinski definition) is 1. The first kappa shape index (κ1) is 9.57. The average Bonchev–Trinajstić information content (AvgIpc) is 2.56. The van der Waals surface area contributed by atoms with E-state index in [0.717, 1.165) is 5.92 Å². The second-order valence-corrected chi connectivity index (χ2v) is 4.47. The average molecular weight is 189 g/mol. The van der Waals surface area contributed by atoms with E-state index in [9.17, 15) is 0 Å². The van der Waals surface area contributed by atoms with E-state index in [0.29, 0.717) is 6.04 Å². The van der Waals surface area contributed by atoms with Gasteiger partial charge in [-0.2, -0.15) is 0 Å². The van der Waals surface area contributed by atoms with Crippen molar-refractivity contribution in [3.63, 3.8) is 0 Å². The third kappa shape index (κ3) is 1.92. The van der Waals surface area contributed by atoms with Gasteiger partial charge in [0.25, 0.3) is 0 Å². The van der Waals surface area contributed by atoms with Gasteiger partial charge >= 0.3 is 0 Å². The van der Waals surface area contributed by atoms with Gasteiger partial charge in [-0.25, -0.2) is 0 Å². The largest absolute Gasteiger partial charge is 0.382 e. The Kier molecular flexibility index (Phi) is 2.76. The molecule has 1 aromatic rings. The van der Waals surface area contributed by atoms with E-state index in [2.05, 4.69) is 43.4 Å². The van der Waals surface area contributed by atoms with E-state index in [4.69, 9.17) is 0 Å². The Hall–Kier alpha value is -0.980. The Morgan fingerprint density at radius 2 is 2.00 bits per heavy atom. The molecule has 0 bridgehead atoms. The first-order chi connectivity index (χ1) is 6.77. The highest BCUT2D eigenvalue weighted by molar-refractivity contribution is 5.51. The van der Waals surface area contributed by atoms with Crippen molar-refractivity contribution in [1.29, 1.82) is 0 Å². The van der Waals surface area contributed by atoms with Gasteiger partial charge < -0.3 is 5.32 Å². The van der Waals surface area contributed by atoms with Crippen LogP contribution in [0.15, 0.2) is 24.3 Å². The number of benzene rings is 1. The molecule has 1 aromatic carbocycles. The maximum absolute atomic E-state index is 3.66. The predicted octanol–water partition coefficient (Wildman–Crippen LogP) is 3.60. The quantitative estimate of drug-likeness (QED) is 0.749. The van der Waals surface area contributed by atoms with Gasteiger partial charge in [-0.15, -0.1) is 0 Å². The van der Waals surface area contributed by atoms with Crippen molar-refractivity contribution in [2.45, 2.75) is 39.2 Å². The highest BCUT2D eigenvalue weighted by Gasteiger charge is 2.22. The lowest BCUT2D eigenvalue weighted by Gasteiger charge is -2.19. The molecule has 0 amide bonds. The van der Waals surface area contributed by atoms with Crippen LogP contribution in [0, 0.1) is 12.8 Å². The number of aryl methyl sites for hydroxylation is 1. The third-order valence-electron chi connectivity index (χ3n) is 3.35. The molecule has 1 nitrogen and oxygen atoms in total. The molecule has 0 aromatic heterocycles. The molecule has 0 aliphatic heterocycles. The number of hydrogen-bond donors (Lipinski definition) is 1. The zero-order valence-electron chi connectivity index (χ0n) is 9.09. The topological polar surface area (TPSA) is 12.0 Å². The molecule has 1 aliphatic rings. The standard InChI is InChI=1S/C13H19N/c1-10-6-3-4-8-12(10)14-13-9-5-7-11(13)2/h3-4,6,8,11,13-14H,5,7,9H2,1-2H3/t11-,13+/m0/s1. The SMILES string of the molecule is Cc1ccccc1N[C@@H]1CCC[C@@H]1C. The summed E-state index contributed by atoms with van der Waals surface area (Å²) in [6.45, 7) is 4.52. The summed E-state index contributed by atoms with van der Waals surface area (Å²) in [7, 11) is 0. The van der Waals surface area contributed by atoms with Crippen LogP contribution in [0.3, 0.4) is 0 Å². The van der Waals surface area contributed by atoms with Gasteiger partial charge in [-0.1, -0.05) is 31.5 Å². The van der Waals surface area contributed by atoms with Crippen molar-refractivity contribution in [2.24, 2.45) is 5.92 Å². The van der Waals surface area contributed by atoms with Crippen LogP contribution in [0.5, 0.6) is 0 Å². The molecule has 76 valence electrons. The van der Waals surface area contributed by atoms with E-state index in [1.165, 1.54) is 30.5 Å². The normalized spacial score (nSPS) is 26.4. The fourth-order valence-electron chi connectivity index (χ4n) is 2.29. The van der Waals surface area contributed by atoms with Crippen molar-refractivity contribution in [3.05, 3.63) is 29.8 Å². The minimum Gasteiger partial charge on any atom is -0.382 e. The molecule has 0 saturated heterocycles. The molecule has 14 heavy (non-hydrogen) atoms. The third-order valence-corrected chi connectivity index (χ3v) is 3.35. The summed E-state index contributed by atoms with van der Waals surface area (Å²) in [5.41, 5.74) is 2.66. The first-order valence-corrected chi connectivity index (χ1v) is 5.59. The van der Waals surface area contributed by atoms with Crippen LogP contribution < -0.4 is 5.32 Å². The summed E-state index contributed by atoms with van der Waals surface area (Å²) in [4.78, 5) is 0. The molecule has 2 rings (SSSR count). The first-order valence-electron chi connectivity index (χ1n) is 5.59. The smallest absolute Gasteiger partial charge is 0.0372 e. The molecule has 0 unspecified atom stereocenters. The second-order valence-electron chi connectivity index (χ2n) is 4.47. The fourth-order valence-corrected chi connectivity index (χ4v) is 2.29. The summed E-state index contributed by atoms with van der Waals surface area (Å²) in [5, 5.41) is 3.66. The van der Waals surface area contributed by atoms with Gasteiger partial charge in [-0.05, 0) is 37.3 Å². The minimum atomic E-state index is 0.691. The molecule has 2 atom stereocenters. The van der Waals surface area contributed by atoms with Crippen LogP contribution in [0.2, 0.25) is 0 Å². The van der Waals surface area contributed by atoms with Crippen LogP contribution in [0.4, 0.5) is 5.69 Å². The van der Waals surface area contributed by atoms with E-state index in [-0.39, 0.29) is 0 Å². The fraction of sp³-hybridized carbons (Fsp3) is 0.538. The van der Waals surface area contributed by atoms with Gasteiger partial charge in [0, 0.05) is 11.7 Å². The van der Waals surface area contributed by atoms with Gasteiger partial charge in [0.2, 0.25) is 0 Å². The Morgan fingerprint density at radius 3 is 2.64 bits per heavy atom. The maximum atomic E-state index is 3.66. The van der Waals surface area contributed by atoms with E-state index in [1.54, 1.807) is 0 Å². The lowest BCUT2D eigenvalue weighted by molar-refractivity contribution is 0.556. The van der Waals surface area contributed by atoms with Gasteiger partial charge in [-0.3, -0.25) is 0 Å². The van der Waals surface area contributed by atoms with Crippen LogP contribution in [0.1, 0.15) is 31.7 Å². The lowest BCUT2D eigenvalue weighted by atomic mass is 10.1. The van der Waals surface area contributed by atoms with Crippen LogP contribution >= 0.6 is 0 Å². The molecule has 1 N–H and O–H groups in total. The molecule has 1 fully saturated rings. The Balaban J connectivity index is 2.07. The second kappa shape index (κ2) is 4.04. The zero-order valence-corrected chi connectivity index (χ0v) is 9.09. The van der Waals surface area contributed by atoms with Crippen LogP contribution in [0.25, 0.3) is 0 Å². The molecule has 1 aliphatic carbocycles. The predicted molar refractivity (Wildman–Crippen MR) is 61.6 cm³/mol. The maximum Gasteiger partial charge on any atom is 0.0372 e. The molecule has 1 heteroatoms. The number of nitrogens with one attached hydrogen (secondary N) is 1.